The molecule has 0 saturated carbocycles. The van der Waals surface area contributed by atoms with Crippen LogP contribution in [0.15, 0.2) is 54.2 Å². The number of hydrogen-bond donors (Lipinski definition) is 0. The van der Waals surface area contributed by atoms with Gasteiger partial charge in [0.1, 0.15) is 18.4 Å². The first-order chi connectivity index (χ1) is 11.1. The van der Waals surface area contributed by atoms with E-state index in [-0.39, 0.29) is 6.10 Å². The van der Waals surface area contributed by atoms with E-state index in [0.717, 1.165) is 11.3 Å². The topological polar surface area (TPSA) is 57.9 Å². The van der Waals surface area contributed by atoms with Crippen molar-refractivity contribution in [2.75, 3.05) is 13.2 Å². The molecule has 1 saturated heterocycles. The summed E-state index contributed by atoms with van der Waals surface area (Å²) in [6.07, 6.45) is 5.30. The third kappa shape index (κ3) is 4.40. The SMILES string of the molecule is CC1(C)OCC(CO/N=C(\Cn2ccnc2)c2ccccc2)O1. The molecule has 6 heteroatoms. The Labute approximate surface area is 135 Å². The molecule has 0 amide bonds. The lowest BCUT2D eigenvalue weighted by molar-refractivity contribution is -0.145. The zero-order valence-corrected chi connectivity index (χ0v) is 13.4. The minimum Gasteiger partial charge on any atom is -0.393 e. The maximum absolute atomic E-state index is 5.71. The molecule has 0 N–H and O–H groups in total. The second-order valence-corrected chi connectivity index (χ2v) is 5.89. The van der Waals surface area contributed by atoms with Crippen molar-refractivity contribution in [3.63, 3.8) is 0 Å². The molecule has 23 heavy (non-hydrogen) atoms. The van der Waals surface area contributed by atoms with E-state index in [4.69, 9.17) is 14.3 Å². The Hall–Kier alpha value is -2.18. The first-order valence-electron chi connectivity index (χ1n) is 7.64. The van der Waals surface area contributed by atoms with Crippen LogP contribution >= 0.6 is 0 Å². The lowest BCUT2D eigenvalue weighted by Crippen LogP contribution is -2.23. The van der Waals surface area contributed by atoms with Crippen LogP contribution in [0.1, 0.15) is 19.4 Å². The van der Waals surface area contributed by atoms with Gasteiger partial charge < -0.3 is 18.9 Å². The first kappa shape index (κ1) is 15.7. The molecule has 2 aromatic rings. The summed E-state index contributed by atoms with van der Waals surface area (Å²) in [6, 6.07) is 9.96. The Morgan fingerprint density at radius 1 is 1.39 bits per heavy atom. The predicted octanol–water partition coefficient (Wildman–Crippen LogP) is 2.46. The van der Waals surface area contributed by atoms with Gasteiger partial charge in [0.2, 0.25) is 0 Å². The van der Waals surface area contributed by atoms with Crippen LogP contribution in [0.4, 0.5) is 0 Å². The zero-order valence-electron chi connectivity index (χ0n) is 13.4. The zero-order chi connectivity index (χ0) is 16.1. The minimum atomic E-state index is -0.545. The van der Waals surface area contributed by atoms with Gasteiger partial charge in [-0.2, -0.15) is 0 Å². The molecule has 0 spiro atoms. The number of benzene rings is 1. The molecule has 3 rings (SSSR count). The van der Waals surface area contributed by atoms with Crippen molar-refractivity contribution < 1.29 is 14.3 Å². The highest BCUT2D eigenvalue weighted by atomic mass is 16.8. The van der Waals surface area contributed by atoms with Gasteiger partial charge in [-0.15, -0.1) is 0 Å². The predicted molar refractivity (Wildman–Crippen MR) is 86.1 cm³/mol. The van der Waals surface area contributed by atoms with Crippen molar-refractivity contribution in [3.8, 4) is 0 Å². The van der Waals surface area contributed by atoms with Crippen molar-refractivity contribution in [2.24, 2.45) is 5.16 Å². The van der Waals surface area contributed by atoms with E-state index >= 15 is 0 Å². The van der Waals surface area contributed by atoms with E-state index < -0.39 is 5.79 Å². The van der Waals surface area contributed by atoms with Gasteiger partial charge in [0, 0.05) is 18.0 Å². The van der Waals surface area contributed by atoms with E-state index in [9.17, 15) is 0 Å². The minimum absolute atomic E-state index is 0.0981. The Kier molecular flexibility index (Phi) is 4.73. The van der Waals surface area contributed by atoms with E-state index in [1.165, 1.54) is 0 Å². The van der Waals surface area contributed by atoms with Gasteiger partial charge >= 0.3 is 0 Å². The smallest absolute Gasteiger partial charge is 0.163 e. The Balaban J connectivity index is 1.65. The maximum Gasteiger partial charge on any atom is 0.163 e. The van der Waals surface area contributed by atoms with Crippen LogP contribution in [0.2, 0.25) is 0 Å². The standard InChI is InChI=1S/C17H21N3O3/c1-17(2)21-11-15(23-17)12-22-19-16(10-20-9-8-18-13-20)14-6-4-3-5-7-14/h3-9,13,15H,10-12H2,1-2H3/b19-16+. The van der Waals surface area contributed by atoms with Crippen LogP contribution in [0.3, 0.4) is 0 Å². The van der Waals surface area contributed by atoms with Gasteiger partial charge in [-0.05, 0) is 13.8 Å². The normalized spacial score (nSPS) is 20.6. The van der Waals surface area contributed by atoms with Crippen molar-refractivity contribution in [1.82, 2.24) is 9.55 Å². The summed E-state index contributed by atoms with van der Waals surface area (Å²) in [4.78, 5) is 9.58. The van der Waals surface area contributed by atoms with Crippen LogP contribution in [0.5, 0.6) is 0 Å². The Bertz CT molecular complexity index is 638. The Morgan fingerprint density at radius 2 is 2.22 bits per heavy atom. The van der Waals surface area contributed by atoms with Gasteiger partial charge in [-0.1, -0.05) is 35.5 Å². The lowest BCUT2D eigenvalue weighted by Gasteiger charge is -2.16. The molecule has 1 aliphatic rings. The van der Waals surface area contributed by atoms with E-state index in [2.05, 4.69) is 10.1 Å². The molecule has 2 heterocycles. The maximum atomic E-state index is 5.71. The number of oxime groups is 1. The number of rotatable bonds is 6. The highest BCUT2D eigenvalue weighted by Crippen LogP contribution is 2.22. The quantitative estimate of drug-likeness (QED) is 0.607. The second kappa shape index (κ2) is 6.93. The van der Waals surface area contributed by atoms with E-state index in [1.807, 2.05) is 54.9 Å². The summed E-state index contributed by atoms with van der Waals surface area (Å²) in [6.45, 7) is 5.27. The van der Waals surface area contributed by atoms with Gasteiger partial charge in [0.15, 0.2) is 5.79 Å². The number of ether oxygens (including phenoxy) is 2. The van der Waals surface area contributed by atoms with Gasteiger partial charge in [-0.3, -0.25) is 0 Å². The highest BCUT2D eigenvalue weighted by molar-refractivity contribution is 6.00. The molecular weight excluding hydrogens is 294 g/mol. The molecule has 0 radical (unpaired) electrons. The van der Waals surface area contributed by atoms with Gasteiger partial charge in [0.25, 0.3) is 0 Å². The van der Waals surface area contributed by atoms with E-state index in [1.54, 1.807) is 12.5 Å². The highest BCUT2D eigenvalue weighted by Gasteiger charge is 2.33. The second-order valence-electron chi connectivity index (χ2n) is 5.89. The third-order valence-electron chi connectivity index (χ3n) is 3.50. The molecule has 1 aromatic heterocycles. The van der Waals surface area contributed by atoms with Gasteiger partial charge in [-0.25, -0.2) is 4.98 Å². The summed E-state index contributed by atoms with van der Waals surface area (Å²) in [5.74, 6) is -0.545. The monoisotopic (exact) mass is 315 g/mol. The van der Waals surface area contributed by atoms with Crippen LogP contribution < -0.4 is 0 Å². The molecule has 1 aromatic carbocycles. The molecule has 1 aliphatic heterocycles. The molecule has 122 valence electrons. The van der Waals surface area contributed by atoms with Crippen molar-refractivity contribution in [2.45, 2.75) is 32.3 Å². The lowest BCUT2D eigenvalue weighted by atomic mass is 10.1. The van der Waals surface area contributed by atoms with Crippen LogP contribution in [0.25, 0.3) is 0 Å². The first-order valence-corrected chi connectivity index (χ1v) is 7.64. The van der Waals surface area contributed by atoms with Crippen LogP contribution in [-0.2, 0) is 20.9 Å². The van der Waals surface area contributed by atoms with Crippen molar-refractivity contribution >= 4 is 5.71 Å². The number of imidazole rings is 1. The molecular formula is C17H21N3O3. The number of aromatic nitrogens is 2. The summed E-state index contributed by atoms with van der Waals surface area (Å²) in [7, 11) is 0. The van der Waals surface area contributed by atoms with Crippen molar-refractivity contribution in [1.29, 1.82) is 0 Å². The summed E-state index contributed by atoms with van der Waals surface area (Å²) in [5.41, 5.74) is 1.85. The van der Waals surface area contributed by atoms with Gasteiger partial charge in [0.05, 0.1) is 19.5 Å². The molecule has 0 bridgehead atoms. The van der Waals surface area contributed by atoms with Crippen LogP contribution in [-0.4, -0.2) is 40.4 Å². The summed E-state index contributed by atoms with van der Waals surface area (Å²) in [5, 5.41) is 4.31. The summed E-state index contributed by atoms with van der Waals surface area (Å²) < 4.78 is 13.2. The molecule has 1 unspecified atom stereocenters. The summed E-state index contributed by atoms with van der Waals surface area (Å²) >= 11 is 0. The van der Waals surface area contributed by atoms with E-state index in [0.29, 0.717) is 19.8 Å². The number of nitrogens with zero attached hydrogens (tertiary/aromatic N) is 3. The average Bonchev–Trinajstić information content (AvgIpc) is 3.17. The van der Waals surface area contributed by atoms with Crippen molar-refractivity contribution in [3.05, 3.63) is 54.6 Å². The molecule has 1 atom stereocenters. The average molecular weight is 315 g/mol. The number of hydrogen-bond acceptors (Lipinski definition) is 5. The third-order valence-corrected chi connectivity index (χ3v) is 3.50. The fraction of sp³-hybridized carbons (Fsp3) is 0.412. The fourth-order valence-corrected chi connectivity index (χ4v) is 2.40. The Morgan fingerprint density at radius 3 is 2.87 bits per heavy atom. The largest absolute Gasteiger partial charge is 0.393 e. The molecule has 0 aliphatic carbocycles. The fourth-order valence-electron chi connectivity index (χ4n) is 2.40. The molecule has 1 fully saturated rings. The molecule has 6 nitrogen and oxygen atoms in total. The van der Waals surface area contributed by atoms with Crippen LogP contribution in [0, 0.1) is 0 Å².